The van der Waals surface area contributed by atoms with Gasteiger partial charge in [-0.1, -0.05) is 102 Å². The number of benzene rings is 1. The van der Waals surface area contributed by atoms with Crippen LogP contribution in [0, 0.1) is 46.3 Å². The number of fused-ring (bicyclic) bond motifs is 5. The Hall–Kier alpha value is -1.34. The summed E-state index contributed by atoms with van der Waals surface area (Å²) in [7, 11) is 0. The molecule has 0 heterocycles. The van der Waals surface area contributed by atoms with Crippen molar-refractivity contribution in [1.82, 2.24) is 0 Å². The molecule has 4 aliphatic rings. The number of hydrogen-bond acceptors (Lipinski definition) is 1. The van der Waals surface area contributed by atoms with E-state index in [1.54, 1.807) is 5.57 Å². The van der Waals surface area contributed by atoms with E-state index in [0.717, 1.165) is 48.5 Å². The van der Waals surface area contributed by atoms with Gasteiger partial charge in [0, 0.05) is 0 Å². The zero-order valence-electron chi connectivity index (χ0n) is 25.5. The van der Waals surface area contributed by atoms with Gasteiger partial charge in [0.15, 0.2) is 0 Å². The van der Waals surface area contributed by atoms with Gasteiger partial charge in [0.1, 0.15) is 0 Å². The summed E-state index contributed by atoms with van der Waals surface area (Å²) in [5.74, 6) is 5.48. The SMILES string of the molecule is C/C=C/c1ccc(COC2CC[C@@]3(C)C(=CC[C@H]4[C@@H]5CC[C@H]([C@H](C)CCCC(C)C)[C@@]5(C)CC[C@@H]43)C2)cc1. The Balaban J connectivity index is 1.21. The van der Waals surface area contributed by atoms with E-state index < -0.39 is 0 Å². The van der Waals surface area contributed by atoms with Gasteiger partial charge >= 0.3 is 0 Å². The van der Waals surface area contributed by atoms with E-state index in [0.29, 0.717) is 16.9 Å². The van der Waals surface area contributed by atoms with Crippen molar-refractivity contribution in [1.29, 1.82) is 0 Å². The smallest absolute Gasteiger partial charge is 0.0720 e. The van der Waals surface area contributed by atoms with Gasteiger partial charge in [-0.05, 0) is 116 Å². The van der Waals surface area contributed by atoms with Gasteiger partial charge < -0.3 is 4.74 Å². The minimum Gasteiger partial charge on any atom is -0.373 e. The third-order valence-corrected chi connectivity index (χ3v) is 12.1. The zero-order chi connectivity index (χ0) is 26.9. The van der Waals surface area contributed by atoms with Crippen LogP contribution in [-0.2, 0) is 11.3 Å². The molecule has 3 fully saturated rings. The molecular weight excluding hydrogens is 460 g/mol. The summed E-state index contributed by atoms with van der Waals surface area (Å²) in [5, 5.41) is 0. The molecule has 3 saturated carbocycles. The van der Waals surface area contributed by atoms with Crippen LogP contribution in [0.2, 0.25) is 0 Å². The van der Waals surface area contributed by atoms with Crippen LogP contribution < -0.4 is 0 Å². The monoisotopic (exact) mass is 516 g/mol. The first kappa shape index (κ1) is 28.2. The number of hydrogen-bond donors (Lipinski definition) is 0. The molecule has 0 spiro atoms. The first-order chi connectivity index (χ1) is 18.2. The second-order valence-corrected chi connectivity index (χ2v) is 14.7. The lowest BCUT2D eigenvalue weighted by Crippen LogP contribution is -2.51. The largest absolute Gasteiger partial charge is 0.373 e. The van der Waals surface area contributed by atoms with E-state index >= 15 is 0 Å². The Morgan fingerprint density at radius 2 is 1.74 bits per heavy atom. The summed E-state index contributed by atoms with van der Waals surface area (Å²) in [5.41, 5.74) is 5.32. The summed E-state index contributed by atoms with van der Waals surface area (Å²) in [4.78, 5) is 0. The molecule has 1 nitrogen and oxygen atoms in total. The Labute approximate surface area is 234 Å². The van der Waals surface area contributed by atoms with Crippen molar-refractivity contribution in [3.05, 3.63) is 53.1 Å². The van der Waals surface area contributed by atoms with Gasteiger partial charge in [-0.3, -0.25) is 0 Å². The molecule has 0 amide bonds. The van der Waals surface area contributed by atoms with Gasteiger partial charge in [-0.2, -0.15) is 0 Å². The molecule has 0 bridgehead atoms. The Morgan fingerprint density at radius 3 is 2.47 bits per heavy atom. The van der Waals surface area contributed by atoms with E-state index in [9.17, 15) is 0 Å². The molecule has 210 valence electrons. The summed E-state index contributed by atoms with van der Waals surface area (Å²) < 4.78 is 6.51. The van der Waals surface area contributed by atoms with Crippen molar-refractivity contribution < 1.29 is 4.74 Å². The predicted molar refractivity (Wildman–Crippen MR) is 163 cm³/mol. The molecule has 0 saturated heterocycles. The number of allylic oxidation sites excluding steroid dienone is 2. The maximum Gasteiger partial charge on any atom is 0.0720 e. The minimum atomic E-state index is 0.387. The quantitative estimate of drug-likeness (QED) is 0.297. The second kappa shape index (κ2) is 11.6. The third kappa shape index (κ3) is 5.48. The van der Waals surface area contributed by atoms with Gasteiger partial charge in [-0.25, -0.2) is 0 Å². The fourth-order valence-electron chi connectivity index (χ4n) is 9.93. The lowest BCUT2D eigenvalue weighted by molar-refractivity contribution is -0.0656. The molecule has 1 aromatic carbocycles. The van der Waals surface area contributed by atoms with Crippen molar-refractivity contribution >= 4 is 6.08 Å². The van der Waals surface area contributed by atoms with Crippen LogP contribution in [0.15, 0.2) is 42.0 Å². The fourth-order valence-corrected chi connectivity index (χ4v) is 9.93. The van der Waals surface area contributed by atoms with Crippen molar-refractivity contribution in [2.75, 3.05) is 0 Å². The molecule has 0 radical (unpaired) electrons. The van der Waals surface area contributed by atoms with Gasteiger partial charge in [0.25, 0.3) is 0 Å². The van der Waals surface area contributed by atoms with Gasteiger partial charge in [-0.15, -0.1) is 0 Å². The molecule has 5 rings (SSSR count). The predicted octanol–water partition coefficient (Wildman–Crippen LogP) is 10.6. The highest BCUT2D eigenvalue weighted by atomic mass is 16.5. The number of ether oxygens (including phenoxy) is 1. The van der Waals surface area contributed by atoms with E-state index in [-0.39, 0.29) is 0 Å². The highest BCUT2D eigenvalue weighted by Crippen LogP contribution is 2.67. The van der Waals surface area contributed by atoms with Gasteiger partial charge in [0.2, 0.25) is 0 Å². The maximum absolute atomic E-state index is 6.51. The first-order valence-corrected chi connectivity index (χ1v) is 16.3. The minimum absolute atomic E-state index is 0.387. The molecule has 0 aliphatic heterocycles. The molecule has 38 heavy (non-hydrogen) atoms. The first-order valence-electron chi connectivity index (χ1n) is 16.3. The summed E-state index contributed by atoms with van der Waals surface area (Å²) in [6, 6.07) is 8.87. The van der Waals surface area contributed by atoms with Crippen LogP contribution in [0.25, 0.3) is 6.08 Å². The molecule has 0 aromatic heterocycles. The summed E-state index contributed by atoms with van der Waals surface area (Å²) in [6.45, 7) is 15.6. The molecule has 0 N–H and O–H groups in total. The van der Waals surface area contributed by atoms with Crippen LogP contribution in [0.3, 0.4) is 0 Å². The summed E-state index contributed by atoms with van der Waals surface area (Å²) >= 11 is 0. The lowest BCUT2D eigenvalue weighted by Gasteiger charge is -2.58. The lowest BCUT2D eigenvalue weighted by atomic mass is 9.47. The molecule has 1 heteroatoms. The summed E-state index contributed by atoms with van der Waals surface area (Å²) in [6.07, 6.45) is 22.6. The Bertz CT molecular complexity index is 984. The topological polar surface area (TPSA) is 9.23 Å². The average Bonchev–Trinajstić information content (AvgIpc) is 3.25. The molecule has 1 aromatic rings. The zero-order valence-corrected chi connectivity index (χ0v) is 25.5. The molecule has 4 aliphatic carbocycles. The normalized spacial score (nSPS) is 37.6. The standard InChI is InChI=1S/C37H56O/c1-7-9-28-12-14-29(15-13-28)25-38-31-20-22-36(5)30(24-31)16-17-32-34-19-18-33(27(4)11-8-10-26(2)3)37(34,6)23-21-35(32)36/h7,9,12-16,26-27,31-35H,8,10-11,17-25H2,1-6H3/b9-7+/t27-,31?,32+,33-,34+,35+,36+,37-/m1/s1. The van der Waals surface area contributed by atoms with E-state index in [2.05, 4.69) is 84.0 Å². The Morgan fingerprint density at radius 1 is 0.947 bits per heavy atom. The molecule has 8 atom stereocenters. The highest BCUT2D eigenvalue weighted by Gasteiger charge is 2.59. The van der Waals surface area contributed by atoms with Crippen molar-refractivity contribution in [3.63, 3.8) is 0 Å². The van der Waals surface area contributed by atoms with E-state index in [1.165, 1.54) is 75.3 Å². The average molecular weight is 517 g/mol. The van der Waals surface area contributed by atoms with Crippen LogP contribution in [0.5, 0.6) is 0 Å². The van der Waals surface area contributed by atoms with Crippen LogP contribution in [0.4, 0.5) is 0 Å². The molecule has 1 unspecified atom stereocenters. The van der Waals surface area contributed by atoms with E-state index in [1.807, 2.05) is 0 Å². The van der Waals surface area contributed by atoms with Crippen LogP contribution in [0.1, 0.15) is 123 Å². The highest BCUT2D eigenvalue weighted by molar-refractivity contribution is 5.49. The molecular formula is C37H56O. The van der Waals surface area contributed by atoms with Crippen LogP contribution >= 0.6 is 0 Å². The van der Waals surface area contributed by atoms with Crippen molar-refractivity contribution in [3.8, 4) is 0 Å². The number of rotatable bonds is 9. The fraction of sp³-hybridized carbons (Fsp3) is 0.730. The maximum atomic E-state index is 6.51. The Kier molecular flexibility index (Phi) is 8.64. The van der Waals surface area contributed by atoms with Crippen molar-refractivity contribution in [2.45, 2.75) is 125 Å². The van der Waals surface area contributed by atoms with Crippen molar-refractivity contribution in [2.24, 2.45) is 46.3 Å². The van der Waals surface area contributed by atoms with Crippen LogP contribution in [-0.4, -0.2) is 6.10 Å². The van der Waals surface area contributed by atoms with Gasteiger partial charge in [0.05, 0.1) is 12.7 Å². The third-order valence-electron chi connectivity index (χ3n) is 12.1. The second-order valence-electron chi connectivity index (χ2n) is 14.7. The van der Waals surface area contributed by atoms with E-state index in [4.69, 9.17) is 4.74 Å².